The van der Waals surface area contributed by atoms with E-state index in [0.29, 0.717) is 10.5 Å². The Morgan fingerprint density at radius 1 is 1.11 bits per heavy atom. The molecular weight excluding hydrogens is 392 g/mol. The molecule has 28 heavy (non-hydrogen) atoms. The fourth-order valence-electron chi connectivity index (χ4n) is 2.43. The molecule has 0 saturated heterocycles. The summed E-state index contributed by atoms with van der Waals surface area (Å²) in [6.07, 6.45) is 0. The van der Waals surface area contributed by atoms with Crippen LogP contribution in [0, 0.1) is 13.8 Å². The van der Waals surface area contributed by atoms with Crippen LogP contribution in [-0.4, -0.2) is 22.6 Å². The molecule has 3 aromatic rings. The zero-order chi connectivity index (χ0) is 19.9. The minimum atomic E-state index is -0.423. The number of aromatic nitrogens is 1. The van der Waals surface area contributed by atoms with Crippen LogP contribution in [0.25, 0.3) is 0 Å². The van der Waals surface area contributed by atoms with Crippen LogP contribution in [0.15, 0.2) is 58.8 Å². The number of nitrogens with one attached hydrogen (secondary N) is 1. The maximum Gasteiger partial charge on any atom is 0.339 e. The predicted molar refractivity (Wildman–Crippen MR) is 113 cm³/mol. The van der Waals surface area contributed by atoms with Crippen molar-refractivity contribution in [2.45, 2.75) is 25.3 Å². The molecule has 0 aliphatic carbocycles. The average Bonchev–Trinajstić information content (AvgIpc) is 3.12. The zero-order valence-electron chi connectivity index (χ0n) is 15.6. The molecule has 5 nitrogen and oxygen atoms in total. The summed E-state index contributed by atoms with van der Waals surface area (Å²) >= 11 is 2.82. The number of carbonyl (C=O) groups excluding carboxylic acids is 2. The molecule has 1 N–H and O–H groups in total. The van der Waals surface area contributed by atoms with E-state index in [1.807, 2.05) is 55.6 Å². The Morgan fingerprint density at radius 3 is 2.57 bits per heavy atom. The number of hydrogen-bond donors (Lipinski definition) is 1. The van der Waals surface area contributed by atoms with Crippen LogP contribution < -0.4 is 5.32 Å². The molecular formula is C21H20N2O3S2. The third-order valence-corrected chi connectivity index (χ3v) is 5.71. The Kier molecular flexibility index (Phi) is 6.84. The molecule has 0 unspecified atom stereocenters. The van der Waals surface area contributed by atoms with Crippen molar-refractivity contribution in [2.75, 3.05) is 11.1 Å². The van der Waals surface area contributed by atoms with Gasteiger partial charge in [0.1, 0.15) is 6.61 Å². The first-order valence-corrected chi connectivity index (χ1v) is 10.5. The van der Waals surface area contributed by atoms with E-state index in [4.69, 9.17) is 4.74 Å². The quantitative estimate of drug-likeness (QED) is 0.444. The van der Waals surface area contributed by atoms with E-state index in [1.54, 1.807) is 12.1 Å². The maximum atomic E-state index is 12.5. The van der Waals surface area contributed by atoms with Gasteiger partial charge in [-0.05, 0) is 38.1 Å². The fourth-order valence-corrected chi connectivity index (χ4v) is 3.87. The first-order valence-electron chi connectivity index (χ1n) is 8.68. The highest BCUT2D eigenvalue weighted by Crippen LogP contribution is 2.24. The topological polar surface area (TPSA) is 68.3 Å². The van der Waals surface area contributed by atoms with Crippen molar-refractivity contribution in [1.82, 2.24) is 4.98 Å². The first kappa shape index (κ1) is 20.1. The minimum absolute atomic E-state index is 0.130. The van der Waals surface area contributed by atoms with Crippen molar-refractivity contribution in [1.29, 1.82) is 0 Å². The lowest BCUT2D eigenvalue weighted by molar-refractivity contribution is -0.113. The number of thioether (sulfide) groups is 1. The molecule has 0 atom stereocenters. The molecule has 0 bridgehead atoms. The zero-order valence-corrected chi connectivity index (χ0v) is 17.2. The number of benzene rings is 2. The lowest BCUT2D eigenvalue weighted by Crippen LogP contribution is -2.14. The van der Waals surface area contributed by atoms with Gasteiger partial charge in [-0.2, -0.15) is 0 Å². The molecule has 1 amide bonds. The van der Waals surface area contributed by atoms with Crippen molar-refractivity contribution >= 4 is 40.7 Å². The number of rotatable bonds is 7. The summed E-state index contributed by atoms with van der Waals surface area (Å²) < 4.78 is 5.37. The van der Waals surface area contributed by atoms with E-state index in [0.717, 1.165) is 22.0 Å². The smallest absolute Gasteiger partial charge is 0.339 e. The van der Waals surface area contributed by atoms with Gasteiger partial charge in [0.25, 0.3) is 0 Å². The number of amides is 1. The third-order valence-electron chi connectivity index (χ3n) is 3.82. The van der Waals surface area contributed by atoms with E-state index in [2.05, 4.69) is 10.3 Å². The van der Waals surface area contributed by atoms with Gasteiger partial charge >= 0.3 is 5.97 Å². The summed E-state index contributed by atoms with van der Waals surface area (Å²) in [6, 6.07) is 14.7. The Hall–Kier alpha value is -2.64. The van der Waals surface area contributed by atoms with Crippen LogP contribution >= 0.6 is 23.1 Å². The lowest BCUT2D eigenvalue weighted by Gasteiger charge is -2.09. The number of hydrogen-bond acceptors (Lipinski definition) is 6. The summed E-state index contributed by atoms with van der Waals surface area (Å²) in [5, 5.41) is 5.66. The SMILES string of the molecule is Cc1ccc(NC(=O)CSc2ccccc2C(=O)OCc2csc(C)n2)cc1. The number of carbonyl (C=O) groups is 2. The second-order valence-electron chi connectivity index (χ2n) is 6.13. The number of aryl methyl sites for hydroxylation is 2. The number of thiazole rings is 1. The lowest BCUT2D eigenvalue weighted by atomic mass is 10.2. The van der Waals surface area contributed by atoms with Crippen molar-refractivity contribution in [3.05, 3.63) is 75.7 Å². The van der Waals surface area contributed by atoms with Gasteiger partial charge in [0.2, 0.25) is 5.91 Å². The number of nitrogens with zero attached hydrogens (tertiary/aromatic N) is 1. The van der Waals surface area contributed by atoms with Crippen molar-refractivity contribution in [3.63, 3.8) is 0 Å². The van der Waals surface area contributed by atoms with Gasteiger partial charge in [-0.15, -0.1) is 23.1 Å². The molecule has 0 radical (unpaired) electrons. The number of esters is 1. The Balaban J connectivity index is 1.57. The fraction of sp³-hybridized carbons (Fsp3) is 0.190. The van der Waals surface area contributed by atoms with Crippen molar-refractivity contribution in [2.24, 2.45) is 0 Å². The first-order chi connectivity index (χ1) is 13.5. The summed E-state index contributed by atoms with van der Waals surface area (Å²) in [4.78, 5) is 29.7. The minimum Gasteiger partial charge on any atom is -0.456 e. The van der Waals surface area contributed by atoms with E-state index in [-0.39, 0.29) is 18.3 Å². The van der Waals surface area contributed by atoms with E-state index >= 15 is 0 Å². The molecule has 144 valence electrons. The van der Waals surface area contributed by atoms with Crippen LogP contribution in [0.4, 0.5) is 5.69 Å². The van der Waals surface area contributed by atoms with Crippen molar-refractivity contribution < 1.29 is 14.3 Å². The maximum absolute atomic E-state index is 12.5. The molecule has 0 aliphatic heterocycles. The highest BCUT2D eigenvalue weighted by molar-refractivity contribution is 8.00. The molecule has 0 saturated carbocycles. The number of ether oxygens (including phenoxy) is 1. The van der Waals surface area contributed by atoms with Crippen LogP contribution in [0.2, 0.25) is 0 Å². The van der Waals surface area contributed by atoms with Crippen LogP contribution in [0.3, 0.4) is 0 Å². The Labute approximate surface area is 172 Å². The van der Waals surface area contributed by atoms with Crippen molar-refractivity contribution in [3.8, 4) is 0 Å². The average molecular weight is 413 g/mol. The monoisotopic (exact) mass is 412 g/mol. The predicted octanol–water partition coefficient (Wildman–Crippen LogP) is 4.85. The largest absolute Gasteiger partial charge is 0.456 e. The standard InChI is InChI=1S/C21H20N2O3S2/c1-14-7-9-16(10-8-14)23-20(24)13-28-19-6-4-3-5-18(19)21(25)26-11-17-12-27-15(2)22-17/h3-10,12H,11,13H2,1-2H3,(H,23,24). The third kappa shape index (κ3) is 5.68. The van der Waals surface area contributed by atoms with Crippen LogP contribution in [-0.2, 0) is 16.1 Å². The van der Waals surface area contributed by atoms with Gasteiger partial charge in [0, 0.05) is 16.0 Å². The molecule has 0 spiro atoms. The Bertz CT molecular complexity index is 968. The highest BCUT2D eigenvalue weighted by atomic mass is 32.2. The van der Waals surface area contributed by atoms with Crippen LogP contribution in [0.1, 0.15) is 26.6 Å². The molecule has 2 aromatic carbocycles. The second-order valence-corrected chi connectivity index (χ2v) is 8.21. The molecule has 1 aromatic heterocycles. The van der Waals surface area contributed by atoms with Gasteiger partial charge in [-0.1, -0.05) is 29.8 Å². The number of anilines is 1. The Morgan fingerprint density at radius 2 is 1.86 bits per heavy atom. The highest BCUT2D eigenvalue weighted by Gasteiger charge is 2.15. The summed E-state index contributed by atoms with van der Waals surface area (Å²) in [7, 11) is 0. The molecule has 7 heteroatoms. The molecule has 3 rings (SSSR count). The van der Waals surface area contributed by atoms with Gasteiger partial charge < -0.3 is 10.1 Å². The molecule has 1 heterocycles. The normalized spacial score (nSPS) is 10.5. The van der Waals surface area contributed by atoms with E-state index in [9.17, 15) is 9.59 Å². The van der Waals surface area contributed by atoms with Gasteiger partial charge in [-0.25, -0.2) is 9.78 Å². The summed E-state index contributed by atoms with van der Waals surface area (Å²) in [5.74, 6) is -0.355. The molecule has 0 fully saturated rings. The molecule has 0 aliphatic rings. The second kappa shape index (κ2) is 9.52. The van der Waals surface area contributed by atoms with Gasteiger partial charge in [0.05, 0.1) is 22.0 Å². The summed E-state index contributed by atoms with van der Waals surface area (Å²) in [6.45, 7) is 4.03. The van der Waals surface area contributed by atoms with Crippen LogP contribution in [0.5, 0.6) is 0 Å². The summed E-state index contributed by atoms with van der Waals surface area (Å²) in [5.41, 5.74) is 3.07. The van der Waals surface area contributed by atoms with E-state index in [1.165, 1.54) is 23.1 Å². The van der Waals surface area contributed by atoms with Gasteiger partial charge in [0.15, 0.2) is 0 Å². The van der Waals surface area contributed by atoms with E-state index < -0.39 is 5.97 Å². The van der Waals surface area contributed by atoms with Gasteiger partial charge in [-0.3, -0.25) is 4.79 Å².